The largest absolute Gasteiger partial charge is 0.508 e. The summed E-state index contributed by atoms with van der Waals surface area (Å²) in [4.78, 5) is 24.0. The predicted molar refractivity (Wildman–Crippen MR) is 106 cm³/mol. The summed E-state index contributed by atoms with van der Waals surface area (Å²) in [5.74, 6) is 0.456. The van der Waals surface area contributed by atoms with Gasteiger partial charge < -0.3 is 14.6 Å². The van der Waals surface area contributed by atoms with Crippen molar-refractivity contribution >= 4 is 11.9 Å². The summed E-state index contributed by atoms with van der Waals surface area (Å²) in [6.45, 7) is 5.08. The van der Waals surface area contributed by atoms with E-state index in [0.717, 1.165) is 25.7 Å². The quantitative estimate of drug-likeness (QED) is 0.604. The monoisotopic (exact) mass is 396 g/mol. The Morgan fingerprint density at radius 2 is 1.93 bits per heavy atom. The Labute approximate surface area is 171 Å². The lowest BCUT2D eigenvalue weighted by atomic mass is 9.48. The van der Waals surface area contributed by atoms with Crippen molar-refractivity contribution in [1.29, 1.82) is 0 Å². The molecule has 0 aliphatic heterocycles. The van der Waals surface area contributed by atoms with Gasteiger partial charge >= 0.3 is 11.9 Å². The van der Waals surface area contributed by atoms with Crippen LogP contribution in [0, 0.1) is 16.7 Å². The number of fused-ring (bicyclic) bond motifs is 3. The zero-order valence-corrected chi connectivity index (χ0v) is 17.2. The van der Waals surface area contributed by atoms with Crippen molar-refractivity contribution < 1.29 is 24.2 Å². The Hall–Kier alpha value is -2.30. The van der Waals surface area contributed by atoms with Crippen molar-refractivity contribution in [3.8, 4) is 5.75 Å². The number of hydrogen-bond acceptors (Lipinski definition) is 5. The molecule has 2 bridgehead atoms. The van der Waals surface area contributed by atoms with Crippen LogP contribution in [0.4, 0.5) is 0 Å². The van der Waals surface area contributed by atoms with Crippen molar-refractivity contribution in [2.75, 3.05) is 0 Å². The highest BCUT2D eigenvalue weighted by molar-refractivity contribution is 5.69. The SMILES string of the molecule is CC(=O)O[C@H]1C[C@]23C=C[C@]1(OC(C)=O)[C@@]2(C)CC[C@@H]1c2ccc(O)cc2CC[C@H]13. The van der Waals surface area contributed by atoms with E-state index in [1.807, 2.05) is 12.1 Å². The van der Waals surface area contributed by atoms with Crippen LogP contribution in [0.2, 0.25) is 0 Å². The van der Waals surface area contributed by atoms with Crippen LogP contribution in [0.15, 0.2) is 30.4 Å². The van der Waals surface area contributed by atoms with E-state index in [4.69, 9.17) is 9.47 Å². The van der Waals surface area contributed by atoms with Crippen LogP contribution in [-0.4, -0.2) is 28.8 Å². The molecule has 0 heterocycles. The van der Waals surface area contributed by atoms with Gasteiger partial charge in [-0.1, -0.05) is 19.1 Å². The van der Waals surface area contributed by atoms with E-state index in [1.165, 1.54) is 25.0 Å². The molecule has 0 saturated heterocycles. The summed E-state index contributed by atoms with van der Waals surface area (Å²) in [6, 6.07) is 5.77. The molecule has 0 spiro atoms. The number of hydrogen-bond donors (Lipinski definition) is 1. The molecule has 5 heteroatoms. The van der Waals surface area contributed by atoms with E-state index in [1.54, 1.807) is 6.07 Å². The number of benzene rings is 1. The van der Waals surface area contributed by atoms with Gasteiger partial charge in [0.05, 0.1) is 0 Å². The molecular weight excluding hydrogens is 368 g/mol. The molecule has 2 fully saturated rings. The molecule has 6 atom stereocenters. The molecule has 5 rings (SSSR count). The van der Waals surface area contributed by atoms with Gasteiger partial charge in [0, 0.05) is 24.7 Å². The molecule has 4 aliphatic rings. The molecule has 0 amide bonds. The van der Waals surface area contributed by atoms with Gasteiger partial charge in [-0.05, 0) is 73.3 Å². The summed E-state index contributed by atoms with van der Waals surface area (Å²) in [6.07, 6.45) is 8.39. The van der Waals surface area contributed by atoms with Crippen LogP contribution in [-0.2, 0) is 25.5 Å². The van der Waals surface area contributed by atoms with Crippen molar-refractivity contribution in [3.05, 3.63) is 41.5 Å². The number of allylic oxidation sites excluding steroid dienone is 1. The fourth-order valence-corrected chi connectivity index (χ4v) is 7.43. The number of carbonyl (C=O) groups excluding carboxylic acids is 2. The maximum Gasteiger partial charge on any atom is 0.303 e. The van der Waals surface area contributed by atoms with Crippen molar-refractivity contribution in [1.82, 2.24) is 0 Å². The number of phenols is 1. The summed E-state index contributed by atoms with van der Waals surface area (Å²) in [7, 11) is 0. The molecule has 4 aliphatic carbocycles. The standard InChI is InChI=1S/C24H28O5/c1-14(25)28-21-13-23-10-11-24(21,29-15(2)26)22(23,3)9-8-19-18-6-5-17(27)12-16(18)4-7-20(19)23/h5-6,10-12,19-21,27H,4,7-9,13H2,1-3H3/t19-,20-,21+,22+,23+,24-/m1/s1. The summed E-state index contributed by atoms with van der Waals surface area (Å²) >= 11 is 0. The van der Waals surface area contributed by atoms with E-state index < -0.39 is 11.7 Å². The lowest BCUT2D eigenvalue weighted by molar-refractivity contribution is -0.188. The molecule has 0 unspecified atom stereocenters. The van der Waals surface area contributed by atoms with E-state index >= 15 is 0 Å². The first kappa shape index (κ1) is 18.7. The molecule has 1 N–H and O–H groups in total. The number of aromatic hydroxyl groups is 1. The van der Waals surface area contributed by atoms with Crippen molar-refractivity contribution in [2.45, 2.75) is 70.5 Å². The summed E-state index contributed by atoms with van der Waals surface area (Å²) in [5.41, 5.74) is 1.24. The van der Waals surface area contributed by atoms with Gasteiger partial charge in [0.1, 0.15) is 11.9 Å². The zero-order valence-electron chi connectivity index (χ0n) is 17.2. The van der Waals surface area contributed by atoms with Crippen molar-refractivity contribution in [3.63, 3.8) is 0 Å². The number of aryl methyl sites for hydroxylation is 1. The van der Waals surface area contributed by atoms with E-state index in [0.29, 0.717) is 24.0 Å². The minimum absolute atomic E-state index is 0.166. The van der Waals surface area contributed by atoms with Crippen LogP contribution in [0.25, 0.3) is 0 Å². The van der Waals surface area contributed by atoms with Crippen LogP contribution in [0.1, 0.15) is 63.5 Å². The van der Waals surface area contributed by atoms with E-state index in [-0.39, 0.29) is 22.8 Å². The van der Waals surface area contributed by atoms with Gasteiger partial charge in [0.15, 0.2) is 5.60 Å². The number of rotatable bonds is 2. The molecule has 0 radical (unpaired) electrons. The van der Waals surface area contributed by atoms with Gasteiger partial charge in [-0.3, -0.25) is 9.59 Å². The second kappa shape index (κ2) is 5.87. The Morgan fingerprint density at radius 3 is 2.66 bits per heavy atom. The highest BCUT2D eigenvalue weighted by Gasteiger charge is 2.77. The fraction of sp³-hybridized carbons (Fsp3) is 0.583. The van der Waals surface area contributed by atoms with Gasteiger partial charge in [0.2, 0.25) is 0 Å². The molecule has 5 nitrogen and oxygen atoms in total. The third kappa shape index (κ3) is 2.22. The zero-order chi connectivity index (χ0) is 20.6. The predicted octanol–water partition coefficient (Wildman–Crippen LogP) is 4.03. The number of phenolic OH excluding ortho intramolecular Hbond substituents is 1. The minimum atomic E-state index is -0.884. The van der Waals surface area contributed by atoms with Crippen LogP contribution in [0.5, 0.6) is 5.75 Å². The molecule has 29 heavy (non-hydrogen) atoms. The van der Waals surface area contributed by atoms with Crippen molar-refractivity contribution in [2.24, 2.45) is 16.7 Å². The first-order chi connectivity index (χ1) is 13.7. The van der Waals surface area contributed by atoms with E-state index in [9.17, 15) is 14.7 Å². The summed E-state index contributed by atoms with van der Waals surface area (Å²) < 4.78 is 11.8. The third-order valence-corrected chi connectivity index (χ3v) is 8.49. The van der Waals surface area contributed by atoms with Crippen LogP contribution in [0.3, 0.4) is 0 Å². The van der Waals surface area contributed by atoms with E-state index in [2.05, 4.69) is 19.1 Å². The fourth-order valence-electron chi connectivity index (χ4n) is 7.43. The molecule has 2 saturated carbocycles. The summed E-state index contributed by atoms with van der Waals surface area (Å²) in [5, 5.41) is 9.91. The minimum Gasteiger partial charge on any atom is -0.508 e. The molecule has 1 aromatic rings. The van der Waals surface area contributed by atoms with Crippen LogP contribution < -0.4 is 0 Å². The Bertz CT molecular complexity index is 935. The number of esters is 2. The molecule has 0 aromatic heterocycles. The molecule has 154 valence electrons. The average molecular weight is 396 g/mol. The van der Waals surface area contributed by atoms with Crippen LogP contribution >= 0.6 is 0 Å². The number of ether oxygens (including phenoxy) is 2. The molecular formula is C24H28O5. The normalized spacial score (nSPS) is 41.3. The van der Waals surface area contributed by atoms with Gasteiger partial charge in [-0.25, -0.2) is 0 Å². The van der Waals surface area contributed by atoms with Gasteiger partial charge in [0.25, 0.3) is 0 Å². The second-order valence-corrected chi connectivity index (χ2v) is 9.57. The Balaban J connectivity index is 1.61. The number of carbonyl (C=O) groups is 2. The lowest BCUT2D eigenvalue weighted by Gasteiger charge is -2.56. The van der Waals surface area contributed by atoms with Gasteiger partial charge in [-0.15, -0.1) is 0 Å². The highest BCUT2D eigenvalue weighted by Crippen LogP contribution is 2.76. The Morgan fingerprint density at radius 1 is 1.14 bits per heavy atom. The topological polar surface area (TPSA) is 72.8 Å². The smallest absolute Gasteiger partial charge is 0.303 e. The first-order valence-electron chi connectivity index (χ1n) is 10.6. The average Bonchev–Trinajstić information content (AvgIpc) is 3.00. The lowest BCUT2D eigenvalue weighted by Crippen LogP contribution is -2.56. The molecule has 1 aromatic carbocycles. The Kier molecular flexibility index (Phi) is 3.78. The first-order valence-corrected chi connectivity index (χ1v) is 10.6. The maximum absolute atomic E-state index is 12.1. The second-order valence-electron chi connectivity index (χ2n) is 9.57. The van der Waals surface area contributed by atoms with Gasteiger partial charge in [-0.2, -0.15) is 0 Å². The maximum atomic E-state index is 12.1. The highest BCUT2D eigenvalue weighted by atomic mass is 16.6. The third-order valence-electron chi connectivity index (χ3n) is 8.49.